The van der Waals surface area contributed by atoms with Gasteiger partial charge < -0.3 is 10.5 Å². The topological polar surface area (TPSA) is 35.2 Å². The molecule has 0 aliphatic carbocycles. The van der Waals surface area contributed by atoms with Gasteiger partial charge >= 0.3 is 0 Å². The molecule has 1 aromatic carbocycles. The minimum atomic E-state index is 0.103. The molecule has 0 saturated heterocycles. The highest BCUT2D eigenvalue weighted by molar-refractivity contribution is 5.35. The number of para-hydroxylation sites is 1. The van der Waals surface area contributed by atoms with E-state index in [1.54, 1.807) is 7.11 Å². The van der Waals surface area contributed by atoms with Crippen LogP contribution < -0.4 is 10.5 Å². The summed E-state index contributed by atoms with van der Waals surface area (Å²) in [6.45, 7) is 2.18. The third kappa shape index (κ3) is 2.74. The Labute approximate surface area is 86.1 Å². The standard InChI is InChI=1S/C12H19NO/c1-3-4-8-11(13)10-7-5-6-9-12(10)14-2/h5-7,9,11H,3-4,8,13H2,1-2H3/t11-/m0/s1. The molecule has 0 spiro atoms. The van der Waals surface area contributed by atoms with Crippen LogP contribution in [0.3, 0.4) is 0 Å². The van der Waals surface area contributed by atoms with Gasteiger partial charge in [0.2, 0.25) is 0 Å². The summed E-state index contributed by atoms with van der Waals surface area (Å²) in [5.74, 6) is 0.899. The van der Waals surface area contributed by atoms with Crippen molar-refractivity contribution < 1.29 is 4.74 Å². The maximum Gasteiger partial charge on any atom is 0.123 e. The summed E-state index contributed by atoms with van der Waals surface area (Å²) in [5.41, 5.74) is 7.19. The fraction of sp³-hybridized carbons (Fsp3) is 0.500. The Kier molecular flexibility index (Phi) is 4.47. The predicted octanol–water partition coefficient (Wildman–Crippen LogP) is 2.89. The van der Waals surface area contributed by atoms with E-state index in [1.165, 1.54) is 12.8 Å². The molecule has 14 heavy (non-hydrogen) atoms. The summed E-state index contributed by atoms with van der Waals surface area (Å²) in [6, 6.07) is 8.07. The fourth-order valence-electron chi connectivity index (χ4n) is 1.55. The molecule has 1 aromatic rings. The van der Waals surface area contributed by atoms with Gasteiger partial charge in [-0.25, -0.2) is 0 Å². The van der Waals surface area contributed by atoms with E-state index < -0.39 is 0 Å². The van der Waals surface area contributed by atoms with Crippen LogP contribution in [0.25, 0.3) is 0 Å². The van der Waals surface area contributed by atoms with Crippen LogP contribution in [-0.2, 0) is 0 Å². The number of hydrogen-bond acceptors (Lipinski definition) is 2. The molecule has 0 aromatic heterocycles. The first-order valence-electron chi connectivity index (χ1n) is 5.18. The second kappa shape index (κ2) is 5.66. The first-order chi connectivity index (χ1) is 6.79. The van der Waals surface area contributed by atoms with Gasteiger partial charge in [0.05, 0.1) is 7.11 Å². The monoisotopic (exact) mass is 193 g/mol. The van der Waals surface area contributed by atoms with Crippen molar-refractivity contribution in [3.05, 3.63) is 29.8 Å². The number of hydrogen-bond donors (Lipinski definition) is 1. The van der Waals surface area contributed by atoms with Crippen LogP contribution in [0.4, 0.5) is 0 Å². The van der Waals surface area contributed by atoms with Crippen molar-refractivity contribution in [1.29, 1.82) is 0 Å². The van der Waals surface area contributed by atoms with Gasteiger partial charge in [-0.3, -0.25) is 0 Å². The third-order valence-corrected chi connectivity index (χ3v) is 2.41. The van der Waals surface area contributed by atoms with Gasteiger partial charge in [0.1, 0.15) is 5.75 Å². The van der Waals surface area contributed by atoms with Crippen molar-refractivity contribution in [3.8, 4) is 5.75 Å². The van der Waals surface area contributed by atoms with Crippen molar-refractivity contribution in [2.45, 2.75) is 32.2 Å². The van der Waals surface area contributed by atoms with Gasteiger partial charge in [0.15, 0.2) is 0 Å². The zero-order valence-corrected chi connectivity index (χ0v) is 8.99. The second-order valence-corrected chi connectivity index (χ2v) is 3.49. The van der Waals surface area contributed by atoms with Crippen LogP contribution in [0.5, 0.6) is 5.75 Å². The fourth-order valence-corrected chi connectivity index (χ4v) is 1.55. The number of nitrogens with two attached hydrogens (primary N) is 1. The molecule has 0 aliphatic rings. The van der Waals surface area contributed by atoms with E-state index in [1.807, 2.05) is 24.3 Å². The quantitative estimate of drug-likeness (QED) is 0.780. The van der Waals surface area contributed by atoms with Crippen LogP contribution in [0.1, 0.15) is 37.8 Å². The Bertz CT molecular complexity index is 273. The van der Waals surface area contributed by atoms with Gasteiger partial charge in [-0.2, -0.15) is 0 Å². The lowest BCUT2D eigenvalue weighted by Crippen LogP contribution is -2.11. The summed E-state index contributed by atoms with van der Waals surface area (Å²) >= 11 is 0. The Balaban J connectivity index is 2.72. The van der Waals surface area contributed by atoms with Crippen molar-refractivity contribution in [1.82, 2.24) is 0 Å². The number of ether oxygens (including phenoxy) is 1. The molecule has 0 fully saturated rings. The smallest absolute Gasteiger partial charge is 0.123 e. The average Bonchev–Trinajstić information content (AvgIpc) is 2.25. The molecule has 2 N–H and O–H groups in total. The number of methoxy groups -OCH3 is 1. The van der Waals surface area contributed by atoms with E-state index in [0.29, 0.717) is 0 Å². The van der Waals surface area contributed by atoms with Gasteiger partial charge in [0.25, 0.3) is 0 Å². The predicted molar refractivity (Wildman–Crippen MR) is 59.4 cm³/mol. The van der Waals surface area contributed by atoms with E-state index >= 15 is 0 Å². The molecule has 0 unspecified atom stereocenters. The number of rotatable bonds is 5. The molecule has 0 bridgehead atoms. The van der Waals surface area contributed by atoms with Crippen molar-refractivity contribution in [2.24, 2.45) is 5.73 Å². The molecular formula is C12H19NO. The molecular weight excluding hydrogens is 174 g/mol. The minimum Gasteiger partial charge on any atom is -0.496 e. The highest BCUT2D eigenvalue weighted by Crippen LogP contribution is 2.26. The van der Waals surface area contributed by atoms with Crippen LogP contribution in [0, 0.1) is 0 Å². The molecule has 0 saturated carbocycles. The Morgan fingerprint density at radius 1 is 1.36 bits per heavy atom. The average molecular weight is 193 g/mol. The third-order valence-electron chi connectivity index (χ3n) is 2.41. The van der Waals surface area contributed by atoms with E-state index in [-0.39, 0.29) is 6.04 Å². The van der Waals surface area contributed by atoms with Gasteiger partial charge in [-0.15, -0.1) is 0 Å². The summed E-state index contributed by atoms with van der Waals surface area (Å²) in [6.07, 6.45) is 3.37. The lowest BCUT2D eigenvalue weighted by Gasteiger charge is -2.14. The molecule has 2 heteroatoms. The molecule has 78 valence electrons. The maximum absolute atomic E-state index is 6.08. The molecule has 0 aliphatic heterocycles. The Morgan fingerprint density at radius 3 is 2.71 bits per heavy atom. The van der Waals surface area contributed by atoms with Crippen LogP contribution in [-0.4, -0.2) is 7.11 Å². The van der Waals surface area contributed by atoms with Crippen molar-refractivity contribution in [3.63, 3.8) is 0 Å². The highest BCUT2D eigenvalue weighted by atomic mass is 16.5. The molecule has 0 amide bonds. The van der Waals surface area contributed by atoms with Crippen LogP contribution in [0.15, 0.2) is 24.3 Å². The van der Waals surface area contributed by atoms with Gasteiger partial charge in [-0.1, -0.05) is 38.0 Å². The molecule has 1 atom stereocenters. The Hall–Kier alpha value is -1.02. The Morgan fingerprint density at radius 2 is 2.07 bits per heavy atom. The lowest BCUT2D eigenvalue weighted by atomic mass is 10.0. The van der Waals surface area contributed by atoms with Gasteiger partial charge in [-0.05, 0) is 12.5 Å². The minimum absolute atomic E-state index is 0.103. The first-order valence-corrected chi connectivity index (χ1v) is 5.18. The summed E-state index contributed by atoms with van der Waals surface area (Å²) in [5, 5.41) is 0. The summed E-state index contributed by atoms with van der Waals surface area (Å²) in [7, 11) is 1.69. The maximum atomic E-state index is 6.08. The largest absolute Gasteiger partial charge is 0.496 e. The summed E-state index contributed by atoms with van der Waals surface area (Å²) < 4.78 is 5.27. The normalized spacial score (nSPS) is 12.5. The van der Waals surface area contributed by atoms with E-state index in [9.17, 15) is 0 Å². The van der Waals surface area contributed by atoms with Gasteiger partial charge in [0, 0.05) is 11.6 Å². The van der Waals surface area contributed by atoms with Crippen LogP contribution >= 0.6 is 0 Å². The SMILES string of the molecule is CCCC[C@H](N)c1ccccc1OC. The number of benzene rings is 1. The lowest BCUT2D eigenvalue weighted by molar-refractivity contribution is 0.403. The second-order valence-electron chi connectivity index (χ2n) is 3.49. The molecule has 1 rings (SSSR count). The van der Waals surface area contributed by atoms with Crippen molar-refractivity contribution in [2.75, 3.05) is 7.11 Å². The van der Waals surface area contributed by atoms with E-state index in [2.05, 4.69) is 6.92 Å². The molecule has 0 heterocycles. The zero-order chi connectivity index (χ0) is 10.4. The van der Waals surface area contributed by atoms with Crippen LogP contribution in [0.2, 0.25) is 0 Å². The zero-order valence-electron chi connectivity index (χ0n) is 8.99. The van der Waals surface area contributed by atoms with E-state index in [4.69, 9.17) is 10.5 Å². The van der Waals surface area contributed by atoms with Crippen molar-refractivity contribution >= 4 is 0 Å². The van der Waals surface area contributed by atoms with E-state index in [0.717, 1.165) is 17.7 Å². The molecule has 0 radical (unpaired) electrons. The first kappa shape index (κ1) is 11.1. The summed E-state index contributed by atoms with van der Waals surface area (Å²) in [4.78, 5) is 0. The molecule has 2 nitrogen and oxygen atoms in total. The number of unbranched alkanes of at least 4 members (excludes halogenated alkanes) is 1. The highest BCUT2D eigenvalue weighted by Gasteiger charge is 2.09.